The lowest BCUT2D eigenvalue weighted by molar-refractivity contribution is 0.414. The van der Waals surface area contributed by atoms with E-state index in [2.05, 4.69) is 5.32 Å². The summed E-state index contributed by atoms with van der Waals surface area (Å²) in [4.78, 5) is 0. The molecule has 0 spiro atoms. The molecule has 0 atom stereocenters. The Kier molecular flexibility index (Phi) is 3.70. The van der Waals surface area contributed by atoms with Crippen LogP contribution >= 0.6 is 0 Å². The molecular formula is C17H18FNO. The summed E-state index contributed by atoms with van der Waals surface area (Å²) in [6.45, 7) is 0.785. The van der Waals surface area contributed by atoms with E-state index in [1.54, 1.807) is 19.2 Å². The molecule has 0 bridgehead atoms. The molecule has 1 aliphatic rings. The van der Waals surface area contributed by atoms with E-state index < -0.39 is 0 Å². The second-order valence-electron chi connectivity index (χ2n) is 5.19. The SMILES string of the molecule is COc1ccc(-c2cccc(F)c2)c(CNC2CC2)c1. The summed E-state index contributed by atoms with van der Waals surface area (Å²) in [5.74, 6) is 0.622. The van der Waals surface area contributed by atoms with Gasteiger partial charge in [0, 0.05) is 12.6 Å². The average Bonchev–Trinajstić information content (AvgIpc) is 3.29. The predicted octanol–water partition coefficient (Wildman–Crippen LogP) is 3.75. The van der Waals surface area contributed by atoms with Gasteiger partial charge in [-0.15, -0.1) is 0 Å². The van der Waals surface area contributed by atoms with Crippen LogP contribution in [0.3, 0.4) is 0 Å². The molecule has 1 aliphatic carbocycles. The zero-order chi connectivity index (χ0) is 13.9. The van der Waals surface area contributed by atoms with E-state index >= 15 is 0 Å². The number of nitrogens with one attached hydrogen (secondary N) is 1. The quantitative estimate of drug-likeness (QED) is 0.894. The Morgan fingerprint density at radius 2 is 2.05 bits per heavy atom. The van der Waals surface area contributed by atoms with Crippen LogP contribution in [0.1, 0.15) is 18.4 Å². The zero-order valence-corrected chi connectivity index (χ0v) is 11.5. The van der Waals surface area contributed by atoms with Crippen LogP contribution in [0.2, 0.25) is 0 Å². The van der Waals surface area contributed by atoms with Crippen molar-refractivity contribution in [3.8, 4) is 16.9 Å². The van der Waals surface area contributed by atoms with Gasteiger partial charge in [0.05, 0.1) is 7.11 Å². The first kappa shape index (κ1) is 13.1. The standard InChI is InChI=1S/C17H18FNO/c1-20-16-7-8-17(12-3-2-4-14(18)9-12)13(10-16)11-19-15-5-6-15/h2-4,7-10,15,19H,5-6,11H2,1H3. The van der Waals surface area contributed by atoms with Gasteiger partial charge < -0.3 is 10.1 Å². The van der Waals surface area contributed by atoms with E-state index in [0.717, 1.165) is 29.0 Å². The van der Waals surface area contributed by atoms with Crippen molar-refractivity contribution in [1.82, 2.24) is 5.32 Å². The normalized spacial score (nSPS) is 14.3. The van der Waals surface area contributed by atoms with Crippen molar-refractivity contribution in [2.45, 2.75) is 25.4 Å². The third kappa shape index (κ3) is 2.99. The van der Waals surface area contributed by atoms with Gasteiger partial charge in [-0.1, -0.05) is 18.2 Å². The van der Waals surface area contributed by atoms with Crippen molar-refractivity contribution in [2.75, 3.05) is 7.11 Å². The van der Waals surface area contributed by atoms with Crippen LogP contribution in [-0.2, 0) is 6.54 Å². The molecule has 2 aromatic carbocycles. The maximum atomic E-state index is 13.4. The Morgan fingerprint density at radius 3 is 2.75 bits per heavy atom. The van der Waals surface area contributed by atoms with Crippen molar-refractivity contribution in [3.05, 3.63) is 53.8 Å². The molecule has 0 unspecified atom stereocenters. The molecule has 20 heavy (non-hydrogen) atoms. The van der Waals surface area contributed by atoms with E-state index in [-0.39, 0.29) is 5.82 Å². The van der Waals surface area contributed by atoms with Gasteiger partial charge >= 0.3 is 0 Å². The first-order valence-corrected chi connectivity index (χ1v) is 6.92. The van der Waals surface area contributed by atoms with Gasteiger partial charge in [0.2, 0.25) is 0 Å². The summed E-state index contributed by atoms with van der Waals surface area (Å²) in [7, 11) is 1.66. The molecule has 3 heteroatoms. The van der Waals surface area contributed by atoms with Gasteiger partial charge in [0.25, 0.3) is 0 Å². The first-order valence-electron chi connectivity index (χ1n) is 6.92. The molecule has 3 rings (SSSR count). The fraction of sp³-hybridized carbons (Fsp3) is 0.294. The molecule has 1 fully saturated rings. The Bertz CT molecular complexity index is 608. The third-order valence-electron chi connectivity index (χ3n) is 3.61. The molecule has 0 aliphatic heterocycles. The summed E-state index contributed by atoms with van der Waals surface area (Å²) in [6.07, 6.45) is 2.50. The number of hydrogen-bond donors (Lipinski definition) is 1. The molecule has 0 heterocycles. The monoisotopic (exact) mass is 271 g/mol. The van der Waals surface area contributed by atoms with Crippen LogP contribution in [0.15, 0.2) is 42.5 Å². The van der Waals surface area contributed by atoms with E-state index in [1.165, 1.54) is 18.9 Å². The smallest absolute Gasteiger partial charge is 0.123 e. The topological polar surface area (TPSA) is 21.3 Å². The summed E-state index contributed by atoms with van der Waals surface area (Å²) in [5, 5.41) is 3.50. The molecule has 0 aromatic heterocycles. The van der Waals surface area contributed by atoms with Crippen molar-refractivity contribution >= 4 is 0 Å². The lowest BCUT2D eigenvalue weighted by Gasteiger charge is -2.12. The summed E-state index contributed by atoms with van der Waals surface area (Å²) in [6, 6.07) is 13.3. The minimum Gasteiger partial charge on any atom is -0.497 e. The van der Waals surface area contributed by atoms with Crippen LogP contribution in [0.25, 0.3) is 11.1 Å². The second-order valence-corrected chi connectivity index (χ2v) is 5.19. The van der Waals surface area contributed by atoms with Crippen LogP contribution < -0.4 is 10.1 Å². The van der Waals surface area contributed by atoms with Crippen LogP contribution in [-0.4, -0.2) is 13.2 Å². The Labute approximate surface area is 118 Å². The summed E-state index contributed by atoms with van der Waals surface area (Å²) in [5.41, 5.74) is 3.10. The fourth-order valence-electron chi connectivity index (χ4n) is 2.32. The van der Waals surface area contributed by atoms with Crippen LogP contribution in [0, 0.1) is 5.82 Å². The zero-order valence-electron chi connectivity index (χ0n) is 11.5. The predicted molar refractivity (Wildman–Crippen MR) is 78.2 cm³/mol. The van der Waals surface area contributed by atoms with Crippen molar-refractivity contribution < 1.29 is 9.13 Å². The molecule has 1 saturated carbocycles. The molecular weight excluding hydrogens is 253 g/mol. The molecule has 104 valence electrons. The second kappa shape index (κ2) is 5.63. The molecule has 0 saturated heterocycles. The lowest BCUT2D eigenvalue weighted by Crippen LogP contribution is -2.16. The summed E-state index contributed by atoms with van der Waals surface area (Å²) < 4.78 is 18.7. The van der Waals surface area contributed by atoms with Crippen LogP contribution in [0.4, 0.5) is 4.39 Å². The highest BCUT2D eigenvalue weighted by Crippen LogP contribution is 2.29. The lowest BCUT2D eigenvalue weighted by atomic mass is 9.99. The van der Waals surface area contributed by atoms with E-state index in [1.807, 2.05) is 24.3 Å². The van der Waals surface area contributed by atoms with E-state index in [0.29, 0.717) is 6.04 Å². The molecule has 1 N–H and O–H groups in total. The maximum Gasteiger partial charge on any atom is 0.123 e. The number of halogens is 1. The molecule has 2 aromatic rings. The fourth-order valence-corrected chi connectivity index (χ4v) is 2.32. The van der Waals surface area contributed by atoms with Crippen molar-refractivity contribution in [3.63, 3.8) is 0 Å². The van der Waals surface area contributed by atoms with Crippen LogP contribution in [0.5, 0.6) is 5.75 Å². The van der Waals surface area contributed by atoms with Gasteiger partial charge in [-0.2, -0.15) is 0 Å². The highest BCUT2D eigenvalue weighted by molar-refractivity contribution is 5.68. The van der Waals surface area contributed by atoms with Gasteiger partial charge in [0.1, 0.15) is 11.6 Å². The Morgan fingerprint density at radius 1 is 1.20 bits per heavy atom. The number of benzene rings is 2. The molecule has 2 nitrogen and oxygen atoms in total. The number of ether oxygens (including phenoxy) is 1. The van der Waals surface area contributed by atoms with Gasteiger partial charge in [-0.3, -0.25) is 0 Å². The maximum absolute atomic E-state index is 13.4. The van der Waals surface area contributed by atoms with Crippen molar-refractivity contribution in [1.29, 1.82) is 0 Å². The highest BCUT2D eigenvalue weighted by atomic mass is 19.1. The first-order chi connectivity index (χ1) is 9.76. The molecule has 0 amide bonds. The minimum atomic E-state index is -0.209. The highest BCUT2D eigenvalue weighted by Gasteiger charge is 2.20. The third-order valence-corrected chi connectivity index (χ3v) is 3.61. The number of rotatable bonds is 5. The largest absolute Gasteiger partial charge is 0.497 e. The summed E-state index contributed by atoms with van der Waals surface area (Å²) >= 11 is 0. The minimum absolute atomic E-state index is 0.209. The number of hydrogen-bond acceptors (Lipinski definition) is 2. The average molecular weight is 271 g/mol. The van der Waals surface area contributed by atoms with E-state index in [4.69, 9.17) is 4.74 Å². The van der Waals surface area contributed by atoms with Crippen molar-refractivity contribution in [2.24, 2.45) is 0 Å². The van der Waals surface area contributed by atoms with Gasteiger partial charge in [0.15, 0.2) is 0 Å². The Balaban J connectivity index is 1.94. The van der Waals surface area contributed by atoms with Gasteiger partial charge in [-0.05, 0) is 53.8 Å². The number of methoxy groups -OCH3 is 1. The Hall–Kier alpha value is -1.87. The molecule has 0 radical (unpaired) electrons. The van der Waals surface area contributed by atoms with Gasteiger partial charge in [-0.25, -0.2) is 4.39 Å². The van der Waals surface area contributed by atoms with E-state index in [9.17, 15) is 4.39 Å².